The summed E-state index contributed by atoms with van der Waals surface area (Å²) in [5, 5.41) is 8.59. The Kier molecular flexibility index (Phi) is 1.22. The zero-order valence-electron chi connectivity index (χ0n) is 4.90. The second kappa shape index (κ2) is 1.89. The fourth-order valence-electron chi connectivity index (χ4n) is 0.482. The van der Waals surface area contributed by atoms with Crippen molar-refractivity contribution in [3.05, 3.63) is 28.4 Å². The zero-order valence-corrected chi connectivity index (χ0v) is 4.90. The molecule has 0 aliphatic carbocycles. The van der Waals surface area contributed by atoms with E-state index in [2.05, 4.69) is 4.98 Å². The monoisotopic (exact) mass is 126 g/mol. The number of rotatable bonds is 0. The van der Waals surface area contributed by atoms with E-state index in [0.717, 1.165) is 0 Å². The normalized spacial score (nSPS) is 9.44. The lowest BCUT2D eigenvalue weighted by molar-refractivity contribution is 0.169. The van der Waals surface area contributed by atoms with E-state index in [1.54, 1.807) is 13.0 Å². The molecule has 4 nitrogen and oxygen atoms in total. The molecule has 0 aliphatic rings. The number of aromatic nitrogens is 2. The van der Waals surface area contributed by atoms with Gasteiger partial charge >= 0.3 is 5.69 Å². The van der Waals surface area contributed by atoms with Crippen molar-refractivity contribution in [2.24, 2.45) is 0 Å². The van der Waals surface area contributed by atoms with Crippen molar-refractivity contribution in [3.8, 4) is 0 Å². The van der Waals surface area contributed by atoms with Crippen molar-refractivity contribution in [1.82, 2.24) is 9.71 Å². The van der Waals surface area contributed by atoms with Gasteiger partial charge in [0, 0.05) is 5.69 Å². The summed E-state index contributed by atoms with van der Waals surface area (Å²) < 4.78 is 0.438. The predicted molar refractivity (Wildman–Crippen MR) is 30.4 cm³/mol. The minimum atomic E-state index is -0.644. The molecule has 1 rings (SSSR count). The Morgan fingerprint density at radius 3 is 2.89 bits per heavy atom. The van der Waals surface area contributed by atoms with Crippen molar-refractivity contribution in [1.29, 1.82) is 0 Å². The standard InChI is InChI=1S/C5H6N2O2/c1-4-2-3-7(9)5(8)6-4/h2-3,9H,1H3. The summed E-state index contributed by atoms with van der Waals surface area (Å²) in [6.07, 6.45) is 1.25. The van der Waals surface area contributed by atoms with E-state index in [-0.39, 0.29) is 0 Å². The van der Waals surface area contributed by atoms with E-state index in [9.17, 15) is 4.79 Å². The maximum absolute atomic E-state index is 10.4. The van der Waals surface area contributed by atoms with E-state index in [0.29, 0.717) is 10.4 Å². The van der Waals surface area contributed by atoms with Crippen LogP contribution in [0.25, 0.3) is 0 Å². The summed E-state index contributed by atoms with van der Waals surface area (Å²) in [5.41, 5.74) is -0.0414. The van der Waals surface area contributed by atoms with Gasteiger partial charge in [0.15, 0.2) is 0 Å². The molecule has 4 heteroatoms. The van der Waals surface area contributed by atoms with Crippen LogP contribution < -0.4 is 5.69 Å². The van der Waals surface area contributed by atoms with Crippen molar-refractivity contribution in [3.63, 3.8) is 0 Å². The minimum Gasteiger partial charge on any atom is -0.424 e. The van der Waals surface area contributed by atoms with Crippen LogP contribution in [0.2, 0.25) is 0 Å². The molecule has 1 aromatic heterocycles. The molecule has 1 N–H and O–H groups in total. The summed E-state index contributed by atoms with van der Waals surface area (Å²) in [7, 11) is 0. The second-order valence-corrected chi connectivity index (χ2v) is 1.70. The fraction of sp³-hybridized carbons (Fsp3) is 0.200. The maximum atomic E-state index is 10.4. The van der Waals surface area contributed by atoms with Crippen LogP contribution >= 0.6 is 0 Å². The van der Waals surface area contributed by atoms with Gasteiger partial charge in [-0.1, -0.05) is 0 Å². The third-order valence-electron chi connectivity index (χ3n) is 0.925. The first-order valence-electron chi connectivity index (χ1n) is 2.46. The topological polar surface area (TPSA) is 55.1 Å². The van der Waals surface area contributed by atoms with Crippen LogP contribution in [0.1, 0.15) is 5.69 Å². The van der Waals surface area contributed by atoms with Gasteiger partial charge in [0.05, 0.1) is 6.20 Å². The van der Waals surface area contributed by atoms with E-state index in [1.807, 2.05) is 0 Å². The lowest BCUT2D eigenvalue weighted by atomic mass is 10.5. The van der Waals surface area contributed by atoms with Crippen molar-refractivity contribution in [2.45, 2.75) is 6.92 Å². The minimum absolute atomic E-state index is 0.438. The number of nitrogens with zero attached hydrogens (tertiary/aromatic N) is 2. The van der Waals surface area contributed by atoms with Gasteiger partial charge < -0.3 is 5.21 Å². The van der Waals surface area contributed by atoms with Gasteiger partial charge in [0.1, 0.15) is 0 Å². The zero-order chi connectivity index (χ0) is 6.85. The highest BCUT2D eigenvalue weighted by atomic mass is 16.5. The van der Waals surface area contributed by atoms with Crippen molar-refractivity contribution in [2.75, 3.05) is 0 Å². The van der Waals surface area contributed by atoms with Crippen molar-refractivity contribution < 1.29 is 5.21 Å². The van der Waals surface area contributed by atoms with Crippen LogP contribution in [-0.2, 0) is 0 Å². The Hall–Kier alpha value is -1.32. The van der Waals surface area contributed by atoms with E-state index >= 15 is 0 Å². The first kappa shape index (κ1) is 5.81. The molecular weight excluding hydrogens is 120 g/mol. The van der Waals surface area contributed by atoms with Gasteiger partial charge in [0.2, 0.25) is 0 Å². The average Bonchev–Trinajstić information content (AvgIpc) is 1.80. The third kappa shape index (κ3) is 1.07. The van der Waals surface area contributed by atoms with Gasteiger partial charge in [-0.3, -0.25) is 0 Å². The van der Waals surface area contributed by atoms with Gasteiger partial charge in [-0.25, -0.2) is 4.79 Å². The summed E-state index contributed by atoms with van der Waals surface area (Å²) in [6, 6.07) is 1.54. The average molecular weight is 126 g/mol. The van der Waals surface area contributed by atoms with Gasteiger partial charge in [-0.15, -0.1) is 4.73 Å². The van der Waals surface area contributed by atoms with E-state index < -0.39 is 5.69 Å². The molecule has 1 aromatic rings. The fourth-order valence-corrected chi connectivity index (χ4v) is 0.482. The summed E-state index contributed by atoms with van der Waals surface area (Å²) >= 11 is 0. The van der Waals surface area contributed by atoms with Gasteiger partial charge in [0.25, 0.3) is 0 Å². The highest BCUT2D eigenvalue weighted by Gasteiger charge is 1.90. The summed E-state index contributed by atoms with van der Waals surface area (Å²) in [4.78, 5) is 13.9. The Balaban J connectivity index is 3.34. The van der Waals surface area contributed by atoms with Crippen LogP contribution in [0.15, 0.2) is 17.1 Å². The van der Waals surface area contributed by atoms with Crippen LogP contribution in [0.3, 0.4) is 0 Å². The van der Waals surface area contributed by atoms with Crippen LogP contribution in [0.5, 0.6) is 0 Å². The van der Waals surface area contributed by atoms with E-state index in [4.69, 9.17) is 5.21 Å². The third-order valence-corrected chi connectivity index (χ3v) is 0.925. The van der Waals surface area contributed by atoms with Gasteiger partial charge in [-0.05, 0) is 13.0 Å². The Labute approximate surface area is 51.4 Å². The second-order valence-electron chi connectivity index (χ2n) is 1.70. The summed E-state index contributed by atoms with van der Waals surface area (Å²) in [6.45, 7) is 1.68. The molecule has 0 atom stereocenters. The highest BCUT2D eigenvalue weighted by Crippen LogP contribution is 1.81. The molecule has 0 spiro atoms. The molecule has 1 heterocycles. The molecule has 9 heavy (non-hydrogen) atoms. The molecule has 0 unspecified atom stereocenters. The number of hydrogen-bond acceptors (Lipinski definition) is 3. The molecule has 0 aromatic carbocycles. The Morgan fingerprint density at radius 2 is 2.44 bits per heavy atom. The number of aryl methyl sites for hydroxylation is 1. The first-order valence-corrected chi connectivity index (χ1v) is 2.46. The summed E-state index contributed by atoms with van der Waals surface area (Å²) in [5.74, 6) is 0. The molecule has 0 saturated carbocycles. The molecule has 0 radical (unpaired) electrons. The highest BCUT2D eigenvalue weighted by molar-refractivity contribution is 4.93. The van der Waals surface area contributed by atoms with E-state index in [1.165, 1.54) is 6.20 Å². The van der Waals surface area contributed by atoms with Crippen molar-refractivity contribution >= 4 is 0 Å². The maximum Gasteiger partial charge on any atom is 0.380 e. The molecule has 0 saturated heterocycles. The number of hydrogen-bond donors (Lipinski definition) is 1. The van der Waals surface area contributed by atoms with Gasteiger partial charge in [-0.2, -0.15) is 4.98 Å². The molecule has 0 amide bonds. The largest absolute Gasteiger partial charge is 0.424 e. The molecular formula is C5H6N2O2. The van der Waals surface area contributed by atoms with Crippen LogP contribution in [0, 0.1) is 6.92 Å². The molecule has 0 bridgehead atoms. The molecule has 0 aliphatic heterocycles. The SMILES string of the molecule is Cc1ccn(O)c(=O)n1. The quantitative estimate of drug-likeness (QED) is 0.489. The lowest BCUT2D eigenvalue weighted by Gasteiger charge is -1.91. The lowest BCUT2D eigenvalue weighted by Crippen LogP contribution is -2.20. The first-order chi connectivity index (χ1) is 4.20. The Morgan fingerprint density at radius 1 is 1.78 bits per heavy atom. The van der Waals surface area contributed by atoms with Crippen LogP contribution in [-0.4, -0.2) is 14.9 Å². The predicted octanol–water partition coefficient (Wildman–Crippen LogP) is -0.211. The Bertz CT molecular complexity index is 266. The van der Waals surface area contributed by atoms with Crippen LogP contribution in [0.4, 0.5) is 0 Å². The smallest absolute Gasteiger partial charge is 0.380 e. The molecule has 48 valence electrons. The molecule has 0 fully saturated rings.